The van der Waals surface area contributed by atoms with Gasteiger partial charge >= 0.3 is 0 Å². The maximum Gasteiger partial charge on any atom is 0.241 e. The summed E-state index contributed by atoms with van der Waals surface area (Å²) in [6.07, 6.45) is 0. The lowest BCUT2D eigenvalue weighted by atomic mass is 10.2. The number of hydrogen-bond donors (Lipinski definition) is 2. The fourth-order valence-electron chi connectivity index (χ4n) is 1.20. The highest BCUT2D eigenvalue weighted by molar-refractivity contribution is 6.32. The smallest absolute Gasteiger partial charge is 0.241 e. The predicted octanol–water partition coefficient (Wildman–Crippen LogP) is 1.64. The third-order valence-electron chi connectivity index (χ3n) is 2.15. The third-order valence-corrected chi connectivity index (χ3v) is 2.44. The Morgan fingerprint density at radius 1 is 1.35 bits per heavy atom. The van der Waals surface area contributed by atoms with E-state index in [1.807, 2.05) is 0 Å². The van der Waals surface area contributed by atoms with Gasteiger partial charge in [0, 0.05) is 6.07 Å². The summed E-state index contributed by atoms with van der Waals surface area (Å²) >= 11 is 5.96. The van der Waals surface area contributed by atoms with Crippen molar-refractivity contribution in [3.8, 4) is 11.5 Å². The normalized spacial score (nSPS) is 11.8. The monoisotopic (exact) mass is 258 g/mol. The SMILES string of the molecule is COc1cc(OC)c(NC(=O)C(C)N)cc1Cl. The molecule has 1 rings (SSSR count). The van der Waals surface area contributed by atoms with Crippen LogP contribution in [0.15, 0.2) is 12.1 Å². The summed E-state index contributed by atoms with van der Waals surface area (Å²) in [5.41, 5.74) is 5.92. The lowest BCUT2D eigenvalue weighted by Crippen LogP contribution is -2.32. The van der Waals surface area contributed by atoms with Crippen LogP contribution in [-0.4, -0.2) is 26.2 Å². The van der Waals surface area contributed by atoms with Crippen molar-refractivity contribution in [1.82, 2.24) is 0 Å². The Hall–Kier alpha value is -1.46. The second-order valence-electron chi connectivity index (χ2n) is 3.46. The maximum atomic E-state index is 11.5. The van der Waals surface area contributed by atoms with Gasteiger partial charge in [-0.05, 0) is 13.0 Å². The molecule has 0 aliphatic carbocycles. The fourth-order valence-corrected chi connectivity index (χ4v) is 1.45. The van der Waals surface area contributed by atoms with Gasteiger partial charge in [0.05, 0.1) is 31.0 Å². The van der Waals surface area contributed by atoms with Crippen molar-refractivity contribution in [2.24, 2.45) is 5.73 Å². The van der Waals surface area contributed by atoms with Crippen LogP contribution >= 0.6 is 11.6 Å². The summed E-state index contributed by atoms with van der Waals surface area (Å²) in [6, 6.07) is 2.54. The van der Waals surface area contributed by atoms with E-state index >= 15 is 0 Å². The van der Waals surface area contributed by atoms with E-state index in [1.165, 1.54) is 14.2 Å². The van der Waals surface area contributed by atoms with E-state index in [-0.39, 0.29) is 5.91 Å². The molecule has 1 atom stereocenters. The van der Waals surface area contributed by atoms with Crippen LogP contribution in [0.2, 0.25) is 5.02 Å². The van der Waals surface area contributed by atoms with Crippen LogP contribution in [0.1, 0.15) is 6.92 Å². The minimum atomic E-state index is -0.611. The lowest BCUT2D eigenvalue weighted by Gasteiger charge is -2.14. The molecule has 17 heavy (non-hydrogen) atoms. The molecule has 0 bridgehead atoms. The molecule has 6 heteroatoms. The standard InChI is InChI=1S/C11H15ClN2O3/c1-6(13)11(15)14-8-4-7(12)9(16-2)5-10(8)17-3/h4-6H,13H2,1-3H3,(H,14,15). The average molecular weight is 259 g/mol. The first kappa shape index (κ1) is 13.6. The number of halogens is 1. The van der Waals surface area contributed by atoms with Crippen LogP contribution in [0.4, 0.5) is 5.69 Å². The number of rotatable bonds is 4. The summed E-state index contributed by atoms with van der Waals surface area (Å²) in [7, 11) is 2.99. The molecule has 1 unspecified atom stereocenters. The summed E-state index contributed by atoms with van der Waals surface area (Å²) in [6.45, 7) is 1.59. The van der Waals surface area contributed by atoms with Gasteiger partial charge in [0.1, 0.15) is 11.5 Å². The summed E-state index contributed by atoms with van der Waals surface area (Å²) in [5, 5.41) is 3.01. The Morgan fingerprint density at radius 3 is 2.41 bits per heavy atom. The Morgan fingerprint density at radius 2 is 1.94 bits per heavy atom. The first-order chi connectivity index (χ1) is 7.99. The van der Waals surface area contributed by atoms with Gasteiger partial charge < -0.3 is 20.5 Å². The van der Waals surface area contributed by atoms with Crippen molar-refractivity contribution in [3.05, 3.63) is 17.2 Å². The highest BCUT2D eigenvalue weighted by atomic mass is 35.5. The lowest BCUT2D eigenvalue weighted by molar-refractivity contribution is -0.117. The molecule has 0 fully saturated rings. The van der Waals surface area contributed by atoms with Crippen molar-refractivity contribution in [1.29, 1.82) is 0 Å². The molecule has 0 saturated carbocycles. The molecular weight excluding hydrogens is 244 g/mol. The van der Waals surface area contributed by atoms with Gasteiger partial charge in [-0.3, -0.25) is 4.79 Å². The van der Waals surface area contributed by atoms with Gasteiger partial charge in [-0.1, -0.05) is 11.6 Å². The van der Waals surface area contributed by atoms with Gasteiger partial charge in [0.15, 0.2) is 0 Å². The highest BCUT2D eigenvalue weighted by Gasteiger charge is 2.14. The van der Waals surface area contributed by atoms with Gasteiger partial charge in [0.2, 0.25) is 5.91 Å². The number of hydrogen-bond acceptors (Lipinski definition) is 4. The second kappa shape index (κ2) is 5.75. The zero-order chi connectivity index (χ0) is 13.0. The largest absolute Gasteiger partial charge is 0.495 e. The number of benzene rings is 1. The molecule has 0 heterocycles. The molecule has 1 aromatic rings. The second-order valence-corrected chi connectivity index (χ2v) is 3.87. The summed E-state index contributed by atoms with van der Waals surface area (Å²) in [5.74, 6) is 0.618. The molecule has 94 valence electrons. The summed E-state index contributed by atoms with van der Waals surface area (Å²) in [4.78, 5) is 11.5. The summed E-state index contributed by atoms with van der Waals surface area (Å²) < 4.78 is 10.2. The zero-order valence-corrected chi connectivity index (χ0v) is 10.7. The van der Waals surface area contributed by atoms with E-state index in [0.717, 1.165) is 0 Å². The Bertz CT molecular complexity index is 421. The van der Waals surface area contributed by atoms with Gasteiger partial charge in [-0.15, -0.1) is 0 Å². The van der Waals surface area contributed by atoms with Crippen molar-refractivity contribution >= 4 is 23.2 Å². The topological polar surface area (TPSA) is 73.6 Å². The molecule has 0 saturated heterocycles. The van der Waals surface area contributed by atoms with Gasteiger partial charge in [-0.2, -0.15) is 0 Å². The number of methoxy groups -OCH3 is 2. The molecule has 0 aliphatic heterocycles. The van der Waals surface area contributed by atoms with Crippen LogP contribution in [0.25, 0.3) is 0 Å². The molecule has 1 aromatic carbocycles. The number of amides is 1. The number of ether oxygens (including phenoxy) is 2. The van der Waals surface area contributed by atoms with Crippen molar-refractivity contribution in [2.45, 2.75) is 13.0 Å². The number of nitrogens with two attached hydrogens (primary N) is 1. The van der Waals surface area contributed by atoms with Crippen LogP contribution < -0.4 is 20.5 Å². The van der Waals surface area contributed by atoms with E-state index in [2.05, 4.69) is 5.32 Å². The minimum absolute atomic E-state index is 0.315. The maximum absolute atomic E-state index is 11.5. The molecule has 3 N–H and O–H groups in total. The van der Waals surface area contributed by atoms with E-state index in [4.69, 9.17) is 26.8 Å². The zero-order valence-electron chi connectivity index (χ0n) is 9.91. The van der Waals surface area contributed by atoms with Crippen molar-refractivity contribution in [3.63, 3.8) is 0 Å². The van der Waals surface area contributed by atoms with E-state index in [0.29, 0.717) is 22.2 Å². The molecule has 0 radical (unpaired) electrons. The van der Waals surface area contributed by atoms with E-state index in [1.54, 1.807) is 19.1 Å². The number of anilines is 1. The van der Waals surface area contributed by atoms with Gasteiger partial charge in [0.25, 0.3) is 0 Å². The molecular formula is C11H15ClN2O3. The third kappa shape index (κ3) is 3.25. The average Bonchev–Trinajstić information content (AvgIpc) is 2.29. The molecule has 5 nitrogen and oxygen atoms in total. The fraction of sp³-hybridized carbons (Fsp3) is 0.364. The van der Waals surface area contributed by atoms with Crippen LogP contribution in [0, 0.1) is 0 Å². The Labute approximate surface area is 105 Å². The first-order valence-electron chi connectivity index (χ1n) is 4.97. The predicted molar refractivity (Wildman–Crippen MR) is 66.8 cm³/mol. The van der Waals surface area contributed by atoms with Crippen LogP contribution in [0.5, 0.6) is 11.5 Å². The highest BCUT2D eigenvalue weighted by Crippen LogP contribution is 2.35. The molecule has 1 amide bonds. The van der Waals surface area contributed by atoms with Crippen molar-refractivity contribution in [2.75, 3.05) is 19.5 Å². The van der Waals surface area contributed by atoms with Crippen molar-refractivity contribution < 1.29 is 14.3 Å². The Balaban J connectivity index is 3.06. The minimum Gasteiger partial charge on any atom is -0.495 e. The number of nitrogens with one attached hydrogen (secondary N) is 1. The van der Waals surface area contributed by atoms with E-state index in [9.17, 15) is 4.79 Å². The molecule has 0 aromatic heterocycles. The Kier molecular flexibility index (Phi) is 4.60. The molecule has 0 aliphatic rings. The number of carbonyl (C=O) groups is 1. The van der Waals surface area contributed by atoms with E-state index < -0.39 is 6.04 Å². The first-order valence-corrected chi connectivity index (χ1v) is 5.35. The molecule has 0 spiro atoms. The van der Waals surface area contributed by atoms with Crippen LogP contribution in [-0.2, 0) is 4.79 Å². The van der Waals surface area contributed by atoms with Gasteiger partial charge in [-0.25, -0.2) is 0 Å². The number of carbonyl (C=O) groups excluding carboxylic acids is 1. The van der Waals surface area contributed by atoms with Crippen LogP contribution in [0.3, 0.4) is 0 Å². The quantitative estimate of drug-likeness (QED) is 0.861.